The number of nitrogens with zero attached hydrogens (tertiary/aromatic N) is 3. The lowest BCUT2D eigenvalue weighted by atomic mass is 10.3. The third-order valence-electron chi connectivity index (χ3n) is 3.01. The minimum atomic E-state index is 0.736. The minimum Gasteiger partial charge on any atom is -0.363 e. The van der Waals surface area contributed by atoms with Gasteiger partial charge in [0.25, 0.3) is 0 Å². The van der Waals surface area contributed by atoms with Crippen LogP contribution in [0.25, 0.3) is 0 Å². The molecule has 0 N–H and O–H groups in total. The predicted molar refractivity (Wildman–Crippen MR) is 68.0 cm³/mol. The Morgan fingerprint density at radius 3 is 2.88 bits per heavy atom. The van der Waals surface area contributed by atoms with Gasteiger partial charge < -0.3 is 4.90 Å². The first-order valence-electron chi connectivity index (χ1n) is 6.08. The van der Waals surface area contributed by atoms with Crippen molar-refractivity contribution in [3.05, 3.63) is 24.4 Å². The second-order valence-corrected chi connectivity index (χ2v) is 4.75. The highest BCUT2D eigenvalue weighted by atomic mass is 15.4. The molecule has 2 rings (SSSR count). The molecule has 16 heavy (non-hydrogen) atoms. The van der Waals surface area contributed by atoms with E-state index in [-0.39, 0.29) is 0 Å². The molecule has 0 aliphatic heterocycles. The van der Waals surface area contributed by atoms with Crippen LogP contribution in [-0.4, -0.2) is 23.9 Å². The highest BCUT2D eigenvalue weighted by Crippen LogP contribution is 2.40. The van der Waals surface area contributed by atoms with Crippen LogP contribution >= 0.6 is 0 Å². The molecule has 1 aliphatic carbocycles. The molecule has 3 heteroatoms. The molecule has 1 aliphatic rings. The molecule has 88 valence electrons. The molecule has 0 aromatic carbocycles. The van der Waals surface area contributed by atoms with Crippen LogP contribution in [0, 0.1) is 0 Å². The molecule has 0 saturated heterocycles. The first kappa shape index (κ1) is 11.2. The van der Waals surface area contributed by atoms with Gasteiger partial charge in [0.05, 0.1) is 5.69 Å². The van der Waals surface area contributed by atoms with Crippen molar-refractivity contribution in [2.24, 2.45) is 0 Å². The maximum absolute atomic E-state index is 4.71. The van der Waals surface area contributed by atoms with Crippen LogP contribution in [0.3, 0.4) is 0 Å². The van der Waals surface area contributed by atoms with E-state index in [0.717, 1.165) is 25.3 Å². The molecule has 1 aromatic rings. The van der Waals surface area contributed by atoms with E-state index in [9.17, 15) is 0 Å². The Labute approximate surface area is 97.8 Å². The van der Waals surface area contributed by atoms with Crippen molar-refractivity contribution in [2.75, 3.05) is 19.0 Å². The smallest absolute Gasteiger partial charge is 0.126 e. The van der Waals surface area contributed by atoms with Crippen molar-refractivity contribution < 1.29 is 0 Å². The number of hydrogen-bond acceptors (Lipinski definition) is 2. The molecule has 0 unspecified atom stereocenters. The second-order valence-electron chi connectivity index (χ2n) is 4.75. The normalized spacial score (nSPS) is 15.1. The zero-order chi connectivity index (χ0) is 11.5. The zero-order valence-corrected chi connectivity index (χ0v) is 10.3. The Kier molecular flexibility index (Phi) is 3.32. The lowest BCUT2D eigenvalue weighted by Crippen LogP contribution is -2.15. The molecule has 0 amide bonds. The molecular weight excluding hydrogens is 198 g/mol. The molecule has 1 saturated carbocycles. The topological polar surface area (TPSA) is 21.1 Å². The van der Waals surface area contributed by atoms with Crippen LogP contribution in [0.2, 0.25) is 0 Å². The van der Waals surface area contributed by atoms with Gasteiger partial charge in [-0.3, -0.25) is 0 Å². The van der Waals surface area contributed by atoms with Crippen molar-refractivity contribution in [2.45, 2.75) is 38.1 Å². The Morgan fingerprint density at radius 1 is 1.56 bits per heavy atom. The van der Waals surface area contributed by atoms with Gasteiger partial charge in [-0.2, -0.15) is 5.10 Å². The van der Waals surface area contributed by atoms with Gasteiger partial charge >= 0.3 is 0 Å². The van der Waals surface area contributed by atoms with Gasteiger partial charge in [-0.25, -0.2) is 4.68 Å². The fourth-order valence-electron chi connectivity index (χ4n) is 1.91. The average molecular weight is 219 g/mol. The number of aromatic nitrogens is 2. The maximum atomic E-state index is 4.71. The molecule has 3 nitrogen and oxygen atoms in total. The minimum absolute atomic E-state index is 0.736. The first-order chi connectivity index (χ1) is 7.72. The number of hydrogen-bond donors (Lipinski definition) is 0. The summed E-state index contributed by atoms with van der Waals surface area (Å²) in [5.41, 5.74) is 1.28. The monoisotopic (exact) mass is 219 g/mol. The van der Waals surface area contributed by atoms with Crippen molar-refractivity contribution in [3.8, 4) is 0 Å². The van der Waals surface area contributed by atoms with E-state index in [4.69, 9.17) is 5.10 Å². The Balaban J connectivity index is 2.09. The van der Waals surface area contributed by atoms with Gasteiger partial charge in [-0.15, -0.1) is 6.58 Å². The van der Waals surface area contributed by atoms with Gasteiger partial charge in [0.2, 0.25) is 0 Å². The standard InChI is InChI=1S/C13H21N3/c1-4-5-6-9-16-13(15(2)3)10-12(14-16)11-7-8-11/h4,10-11H,1,5-9H2,2-3H3. The maximum Gasteiger partial charge on any atom is 0.126 e. The third-order valence-corrected chi connectivity index (χ3v) is 3.01. The lowest BCUT2D eigenvalue weighted by Gasteiger charge is -2.13. The van der Waals surface area contributed by atoms with Crippen LogP contribution in [0.1, 0.15) is 37.3 Å². The summed E-state index contributed by atoms with van der Waals surface area (Å²) in [5.74, 6) is 1.96. The zero-order valence-electron chi connectivity index (χ0n) is 10.3. The van der Waals surface area contributed by atoms with Gasteiger partial charge in [0.1, 0.15) is 5.82 Å². The molecule has 1 fully saturated rings. The summed E-state index contributed by atoms with van der Waals surface area (Å²) in [4.78, 5) is 2.15. The van der Waals surface area contributed by atoms with E-state index in [2.05, 4.69) is 36.3 Å². The van der Waals surface area contributed by atoms with Gasteiger partial charge in [0.15, 0.2) is 0 Å². The Morgan fingerprint density at radius 2 is 2.31 bits per heavy atom. The highest BCUT2D eigenvalue weighted by molar-refractivity contribution is 5.40. The van der Waals surface area contributed by atoms with Crippen molar-refractivity contribution >= 4 is 5.82 Å². The van der Waals surface area contributed by atoms with E-state index in [1.54, 1.807) is 0 Å². The summed E-state index contributed by atoms with van der Waals surface area (Å²) < 4.78 is 2.14. The third kappa shape index (κ3) is 2.46. The van der Waals surface area contributed by atoms with Gasteiger partial charge in [-0.1, -0.05) is 6.08 Å². The van der Waals surface area contributed by atoms with E-state index in [1.165, 1.54) is 24.4 Å². The highest BCUT2D eigenvalue weighted by Gasteiger charge is 2.27. The van der Waals surface area contributed by atoms with Crippen molar-refractivity contribution in [1.82, 2.24) is 9.78 Å². The predicted octanol–water partition coefficient (Wildman–Crippen LogP) is 2.79. The number of rotatable bonds is 6. The summed E-state index contributed by atoms with van der Waals surface area (Å²) in [7, 11) is 4.16. The van der Waals surface area contributed by atoms with Crippen LogP contribution in [0.4, 0.5) is 5.82 Å². The van der Waals surface area contributed by atoms with E-state index >= 15 is 0 Å². The molecule has 0 spiro atoms. The van der Waals surface area contributed by atoms with E-state index in [0.29, 0.717) is 0 Å². The number of anilines is 1. The molecular formula is C13H21N3. The van der Waals surface area contributed by atoms with Gasteiger partial charge in [0, 0.05) is 32.6 Å². The fourth-order valence-corrected chi connectivity index (χ4v) is 1.91. The van der Waals surface area contributed by atoms with Crippen molar-refractivity contribution in [3.63, 3.8) is 0 Å². The Hall–Kier alpha value is -1.25. The molecule has 0 atom stereocenters. The lowest BCUT2D eigenvalue weighted by molar-refractivity contribution is 0.576. The Bertz CT molecular complexity index is 361. The largest absolute Gasteiger partial charge is 0.363 e. The molecule has 0 radical (unpaired) electrons. The van der Waals surface area contributed by atoms with Crippen molar-refractivity contribution in [1.29, 1.82) is 0 Å². The summed E-state index contributed by atoms with van der Waals surface area (Å²) in [6.07, 6.45) is 6.79. The number of allylic oxidation sites excluding steroid dienone is 1. The van der Waals surface area contributed by atoms with Crippen LogP contribution in [0.15, 0.2) is 18.7 Å². The summed E-state index contributed by atoms with van der Waals surface area (Å²) >= 11 is 0. The number of aryl methyl sites for hydroxylation is 1. The van der Waals surface area contributed by atoms with Crippen LogP contribution in [-0.2, 0) is 6.54 Å². The van der Waals surface area contributed by atoms with E-state index < -0.39 is 0 Å². The van der Waals surface area contributed by atoms with Gasteiger partial charge in [-0.05, 0) is 25.7 Å². The first-order valence-corrected chi connectivity index (χ1v) is 6.08. The average Bonchev–Trinajstić information content (AvgIpc) is 3.00. The summed E-state index contributed by atoms with van der Waals surface area (Å²) in [6, 6.07) is 2.24. The molecule has 1 heterocycles. The molecule has 0 bridgehead atoms. The molecule has 1 aromatic heterocycles. The van der Waals surface area contributed by atoms with Crippen LogP contribution < -0.4 is 4.90 Å². The van der Waals surface area contributed by atoms with E-state index in [1.807, 2.05) is 6.08 Å². The fraction of sp³-hybridized carbons (Fsp3) is 0.615. The summed E-state index contributed by atoms with van der Waals surface area (Å²) in [6.45, 7) is 4.75. The quantitative estimate of drug-likeness (QED) is 0.542. The SMILES string of the molecule is C=CCCCn1nc(C2CC2)cc1N(C)C. The number of unbranched alkanes of at least 4 members (excludes halogenated alkanes) is 1. The second kappa shape index (κ2) is 4.73. The van der Waals surface area contributed by atoms with Crippen LogP contribution in [0.5, 0.6) is 0 Å². The summed E-state index contributed by atoms with van der Waals surface area (Å²) in [5, 5.41) is 4.71.